The third kappa shape index (κ3) is 3.58. The van der Waals surface area contributed by atoms with Gasteiger partial charge in [-0.2, -0.15) is 4.98 Å². The Morgan fingerprint density at radius 1 is 0.962 bits per heavy atom. The molecule has 26 heavy (non-hydrogen) atoms. The highest BCUT2D eigenvalue weighted by Crippen LogP contribution is 2.29. The third-order valence-electron chi connectivity index (χ3n) is 4.66. The van der Waals surface area contributed by atoms with E-state index in [4.69, 9.17) is 16.6 Å². The molecular weight excluding hydrogens is 351 g/mol. The molecule has 3 aromatic rings. The summed E-state index contributed by atoms with van der Waals surface area (Å²) in [6.07, 6.45) is 4.88. The number of nitrogens with one attached hydrogen (secondary N) is 1. The number of para-hydroxylation sites is 1. The summed E-state index contributed by atoms with van der Waals surface area (Å²) in [7, 11) is 0. The smallest absolute Gasteiger partial charge is 0.229 e. The van der Waals surface area contributed by atoms with Gasteiger partial charge in [0.05, 0.1) is 10.5 Å². The van der Waals surface area contributed by atoms with Crippen LogP contribution in [0.2, 0.25) is 5.02 Å². The fourth-order valence-electron chi connectivity index (χ4n) is 3.34. The van der Waals surface area contributed by atoms with Crippen LogP contribution in [0.4, 0.5) is 21.8 Å². The van der Waals surface area contributed by atoms with Gasteiger partial charge in [0.1, 0.15) is 11.6 Å². The average Bonchev–Trinajstić information content (AvgIpc) is 2.93. The van der Waals surface area contributed by atoms with E-state index in [2.05, 4.69) is 21.3 Å². The van der Waals surface area contributed by atoms with Crippen LogP contribution in [0.3, 0.4) is 0 Å². The highest BCUT2D eigenvalue weighted by molar-refractivity contribution is 6.31. The summed E-state index contributed by atoms with van der Waals surface area (Å²) in [4.78, 5) is 11.7. The predicted molar refractivity (Wildman–Crippen MR) is 105 cm³/mol. The Morgan fingerprint density at radius 2 is 1.73 bits per heavy atom. The quantitative estimate of drug-likeness (QED) is 0.656. The van der Waals surface area contributed by atoms with Crippen LogP contribution in [0.5, 0.6) is 0 Å². The van der Waals surface area contributed by atoms with Crippen LogP contribution < -0.4 is 10.2 Å². The van der Waals surface area contributed by atoms with Crippen LogP contribution in [-0.2, 0) is 0 Å². The second-order valence-electron chi connectivity index (χ2n) is 6.54. The minimum absolute atomic E-state index is 0.0727. The standard InChI is InChI=1S/C20H20ClFN4/c21-16-13-14(9-10-17(16)22)23-20-24-18-8-4-3-7-15(18)19(25-20)26-11-5-1-2-6-12-26/h3-4,7-10,13H,1-2,5-6,11-12H2,(H,23,24,25). The van der Waals surface area contributed by atoms with Crippen LogP contribution in [0.1, 0.15) is 25.7 Å². The molecule has 1 saturated heterocycles. The normalized spacial score (nSPS) is 15.1. The first-order chi connectivity index (χ1) is 12.7. The topological polar surface area (TPSA) is 41.1 Å². The van der Waals surface area contributed by atoms with Crippen molar-refractivity contribution in [1.29, 1.82) is 0 Å². The fraction of sp³-hybridized carbons (Fsp3) is 0.300. The molecule has 0 bridgehead atoms. The molecule has 0 unspecified atom stereocenters. The zero-order valence-electron chi connectivity index (χ0n) is 14.4. The minimum atomic E-state index is -0.443. The summed E-state index contributed by atoms with van der Waals surface area (Å²) in [5.41, 5.74) is 1.55. The summed E-state index contributed by atoms with van der Waals surface area (Å²) in [6, 6.07) is 12.5. The number of benzene rings is 2. The van der Waals surface area contributed by atoms with Gasteiger partial charge in [-0.1, -0.05) is 36.6 Å². The van der Waals surface area contributed by atoms with Crippen molar-refractivity contribution in [2.75, 3.05) is 23.3 Å². The lowest BCUT2D eigenvalue weighted by molar-refractivity contribution is 0.628. The van der Waals surface area contributed by atoms with Gasteiger partial charge in [0.25, 0.3) is 0 Å². The van der Waals surface area contributed by atoms with Gasteiger partial charge in [0.2, 0.25) is 5.95 Å². The van der Waals surface area contributed by atoms with Gasteiger partial charge in [-0.3, -0.25) is 0 Å². The van der Waals surface area contributed by atoms with Crippen LogP contribution in [0, 0.1) is 5.82 Å². The maximum absolute atomic E-state index is 13.4. The number of nitrogens with zero attached hydrogens (tertiary/aromatic N) is 3. The van der Waals surface area contributed by atoms with Crippen LogP contribution in [0.15, 0.2) is 42.5 Å². The Balaban J connectivity index is 1.74. The zero-order valence-corrected chi connectivity index (χ0v) is 15.1. The fourth-order valence-corrected chi connectivity index (χ4v) is 3.52. The Hall–Kier alpha value is -2.40. The van der Waals surface area contributed by atoms with E-state index in [0.717, 1.165) is 29.8 Å². The zero-order chi connectivity index (χ0) is 17.9. The summed E-state index contributed by atoms with van der Waals surface area (Å²) in [5.74, 6) is 1.00. The Bertz CT molecular complexity index is 923. The molecule has 1 aliphatic heterocycles. The molecule has 0 radical (unpaired) electrons. The predicted octanol–water partition coefficient (Wildman–Crippen LogP) is 5.55. The van der Waals surface area contributed by atoms with Crippen molar-refractivity contribution in [3.8, 4) is 0 Å². The molecule has 0 spiro atoms. The molecule has 1 aromatic heterocycles. The molecule has 1 fully saturated rings. The van der Waals surface area contributed by atoms with E-state index in [-0.39, 0.29) is 5.02 Å². The van der Waals surface area contributed by atoms with Crippen molar-refractivity contribution < 1.29 is 4.39 Å². The van der Waals surface area contributed by atoms with Gasteiger partial charge < -0.3 is 10.2 Å². The number of halogens is 2. The van der Waals surface area contributed by atoms with Crippen molar-refractivity contribution in [3.63, 3.8) is 0 Å². The van der Waals surface area contributed by atoms with E-state index in [1.165, 1.54) is 31.7 Å². The van der Waals surface area contributed by atoms with E-state index in [9.17, 15) is 4.39 Å². The first kappa shape index (κ1) is 17.0. The van der Waals surface area contributed by atoms with Crippen molar-refractivity contribution in [3.05, 3.63) is 53.3 Å². The van der Waals surface area contributed by atoms with Crippen molar-refractivity contribution in [2.45, 2.75) is 25.7 Å². The number of hydrogen-bond donors (Lipinski definition) is 1. The number of aromatic nitrogens is 2. The van der Waals surface area contributed by atoms with Crippen LogP contribution in [-0.4, -0.2) is 23.1 Å². The molecule has 0 atom stereocenters. The van der Waals surface area contributed by atoms with Gasteiger partial charge in [-0.05, 0) is 43.2 Å². The van der Waals surface area contributed by atoms with Gasteiger partial charge >= 0.3 is 0 Å². The third-order valence-corrected chi connectivity index (χ3v) is 4.95. The van der Waals surface area contributed by atoms with E-state index in [0.29, 0.717) is 11.6 Å². The monoisotopic (exact) mass is 370 g/mol. The minimum Gasteiger partial charge on any atom is -0.356 e. The molecule has 1 aliphatic rings. The first-order valence-corrected chi connectivity index (χ1v) is 9.32. The molecule has 6 heteroatoms. The lowest BCUT2D eigenvalue weighted by Crippen LogP contribution is -2.25. The summed E-state index contributed by atoms with van der Waals surface area (Å²) in [6.45, 7) is 2.01. The summed E-state index contributed by atoms with van der Waals surface area (Å²) < 4.78 is 13.4. The second kappa shape index (κ2) is 7.46. The SMILES string of the molecule is Fc1ccc(Nc2nc(N3CCCCCC3)c3ccccc3n2)cc1Cl. The molecule has 4 nitrogen and oxygen atoms in total. The summed E-state index contributed by atoms with van der Waals surface area (Å²) in [5, 5.41) is 4.28. The second-order valence-corrected chi connectivity index (χ2v) is 6.95. The molecule has 2 aromatic carbocycles. The lowest BCUT2D eigenvalue weighted by atomic mass is 10.2. The molecule has 134 valence electrons. The van der Waals surface area contributed by atoms with Crippen molar-refractivity contribution in [1.82, 2.24) is 9.97 Å². The number of rotatable bonds is 3. The van der Waals surface area contributed by atoms with E-state index < -0.39 is 5.82 Å². The molecule has 0 saturated carbocycles. The summed E-state index contributed by atoms with van der Waals surface area (Å²) >= 11 is 5.88. The van der Waals surface area contributed by atoms with Gasteiger partial charge in [0.15, 0.2) is 0 Å². The van der Waals surface area contributed by atoms with E-state index >= 15 is 0 Å². The molecule has 0 amide bonds. The molecule has 1 N–H and O–H groups in total. The van der Waals surface area contributed by atoms with Crippen LogP contribution >= 0.6 is 11.6 Å². The van der Waals surface area contributed by atoms with Gasteiger partial charge in [0, 0.05) is 24.2 Å². The van der Waals surface area contributed by atoms with Gasteiger partial charge in [-0.25, -0.2) is 9.37 Å². The van der Waals surface area contributed by atoms with E-state index in [1.807, 2.05) is 18.2 Å². The van der Waals surface area contributed by atoms with Gasteiger partial charge in [-0.15, -0.1) is 0 Å². The van der Waals surface area contributed by atoms with E-state index in [1.54, 1.807) is 12.1 Å². The van der Waals surface area contributed by atoms with Crippen molar-refractivity contribution >= 4 is 40.0 Å². The number of hydrogen-bond acceptors (Lipinski definition) is 4. The molecule has 4 rings (SSSR count). The number of fused-ring (bicyclic) bond motifs is 1. The largest absolute Gasteiger partial charge is 0.356 e. The molecule has 0 aliphatic carbocycles. The lowest BCUT2D eigenvalue weighted by Gasteiger charge is -2.23. The Morgan fingerprint density at radius 3 is 2.50 bits per heavy atom. The van der Waals surface area contributed by atoms with Crippen molar-refractivity contribution in [2.24, 2.45) is 0 Å². The first-order valence-electron chi connectivity index (χ1n) is 8.94. The molecular formula is C20H20ClFN4. The maximum Gasteiger partial charge on any atom is 0.229 e. The number of anilines is 3. The average molecular weight is 371 g/mol. The van der Waals surface area contributed by atoms with Crippen LogP contribution in [0.25, 0.3) is 10.9 Å². The Labute approximate surface area is 157 Å². The maximum atomic E-state index is 13.4. The molecule has 2 heterocycles. The Kier molecular flexibility index (Phi) is 4.89. The highest BCUT2D eigenvalue weighted by atomic mass is 35.5. The highest BCUT2D eigenvalue weighted by Gasteiger charge is 2.16.